The maximum Gasteiger partial charge on any atom is 0.253 e. The predicted octanol–water partition coefficient (Wildman–Crippen LogP) is 2.90. The fraction of sp³-hybridized carbons (Fsp3) is 0.273. The lowest BCUT2D eigenvalue weighted by molar-refractivity contribution is -0.124. The first-order valence-corrected chi connectivity index (χ1v) is 9.55. The van der Waals surface area contributed by atoms with Crippen molar-refractivity contribution in [1.29, 1.82) is 0 Å². The maximum absolute atomic E-state index is 12.9. The van der Waals surface area contributed by atoms with Gasteiger partial charge in [0.2, 0.25) is 5.91 Å². The number of likely N-dealkylation sites (tertiary alicyclic amines) is 1. The molecule has 2 heterocycles. The van der Waals surface area contributed by atoms with E-state index in [2.05, 4.69) is 15.3 Å². The van der Waals surface area contributed by atoms with Gasteiger partial charge in [0.15, 0.2) is 0 Å². The number of carbonyl (C=O) groups is 2. The normalized spacial score (nSPS) is 16.3. The predicted molar refractivity (Wildman–Crippen MR) is 108 cm³/mol. The quantitative estimate of drug-likeness (QED) is 0.762. The van der Waals surface area contributed by atoms with E-state index < -0.39 is 0 Å². The Morgan fingerprint density at radius 2 is 1.96 bits per heavy atom. The zero-order valence-corrected chi connectivity index (χ0v) is 15.8. The number of fused-ring (bicyclic) bond motifs is 1. The Balaban J connectivity index is 1.55. The van der Waals surface area contributed by atoms with Gasteiger partial charge in [-0.1, -0.05) is 24.3 Å². The Morgan fingerprint density at radius 3 is 2.79 bits per heavy atom. The topological polar surface area (TPSA) is 75.2 Å². The van der Waals surface area contributed by atoms with Crippen LogP contribution in [0.5, 0.6) is 0 Å². The van der Waals surface area contributed by atoms with Crippen molar-refractivity contribution in [3.8, 4) is 11.3 Å². The van der Waals surface area contributed by atoms with Crippen molar-refractivity contribution < 1.29 is 9.59 Å². The highest BCUT2D eigenvalue weighted by atomic mass is 16.2. The molecule has 3 aromatic rings. The van der Waals surface area contributed by atoms with E-state index >= 15 is 0 Å². The third kappa shape index (κ3) is 3.58. The van der Waals surface area contributed by atoms with Gasteiger partial charge in [-0.3, -0.25) is 14.6 Å². The summed E-state index contributed by atoms with van der Waals surface area (Å²) in [7, 11) is 0. The lowest BCUT2D eigenvalue weighted by atomic mass is 10.1. The van der Waals surface area contributed by atoms with Gasteiger partial charge >= 0.3 is 0 Å². The molecule has 0 bridgehead atoms. The second kappa shape index (κ2) is 7.76. The average Bonchev–Trinajstić information content (AvgIpc) is 3.23. The van der Waals surface area contributed by atoms with Gasteiger partial charge in [-0.25, -0.2) is 4.98 Å². The molecule has 2 aromatic carbocycles. The highest BCUT2D eigenvalue weighted by Crippen LogP contribution is 2.23. The third-order valence-corrected chi connectivity index (χ3v) is 5.05. The van der Waals surface area contributed by atoms with E-state index in [4.69, 9.17) is 0 Å². The minimum atomic E-state index is -0.126. The van der Waals surface area contributed by atoms with E-state index in [1.165, 1.54) is 0 Å². The van der Waals surface area contributed by atoms with Crippen LogP contribution in [0.4, 0.5) is 0 Å². The molecule has 0 radical (unpaired) electrons. The summed E-state index contributed by atoms with van der Waals surface area (Å²) in [5, 5.41) is 2.84. The minimum Gasteiger partial charge on any atom is -0.356 e. The van der Waals surface area contributed by atoms with Crippen LogP contribution in [-0.2, 0) is 4.79 Å². The Kier molecular flexibility index (Phi) is 5.02. The van der Waals surface area contributed by atoms with Crippen molar-refractivity contribution in [2.45, 2.75) is 13.3 Å². The van der Waals surface area contributed by atoms with Crippen LogP contribution in [0.15, 0.2) is 54.7 Å². The summed E-state index contributed by atoms with van der Waals surface area (Å²) in [6, 6.07) is 15.1. The second-order valence-electron chi connectivity index (χ2n) is 6.96. The van der Waals surface area contributed by atoms with Crippen molar-refractivity contribution in [3.05, 3.63) is 60.3 Å². The number of para-hydroxylation sites is 2. The molecule has 0 saturated carbocycles. The van der Waals surface area contributed by atoms with Gasteiger partial charge in [0.05, 0.1) is 28.8 Å². The number of amides is 2. The van der Waals surface area contributed by atoms with Crippen LogP contribution in [0.1, 0.15) is 23.7 Å². The molecule has 6 nitrogen and oxygen atoms in total. The SMILES string of the molecule is CCNC(=O)[C@H]1CCN(C(=O)c2cccc(-c3cnc4ccccc4n3)c2)C1. The van der Waals surface area contributed by atoms with Crippen LogP contribution < -0.4 is 5.32 Å². The molecule has 2 amide bonds. The first-order chi connectivity index (χ1) is 13.7. The summed E-state index contributed by atoms with van der Waals surface area (Å²) in [4.78, 5) is 35.8. The van der Waals surface area contributed by atoms with Gasteiger partial charge in [-0.2, -0.15) is 0 Å². The van der Waals surface area contributed by atoms with Crippen molar-refractivity contribution >= 4 is 22.8 Å². The summed E-state index contributed by atoms with van der Waals surface area (Å²) < 4.78 is 0. The standard InChI is InChI=1S/C22H22N4O2/c1-2-23-21(27)17-10-11-26(14-17)22(28)16-7-5-6-15(12-16)20-13-24-18-8-3-4-9-19(18)25-20/h3-9,12-13,17H,2,10-11,14H2,1H3,(H,23,27)/t17-/m0/s1. The van der Waals surface area contributed by atoms with Gasteiger partial charge in [0.1, 0.15) is 0 Å². The molecule has 6 heteroatoms. The Labute approximate surface area is 163 Å². The van der Waals surface area contributed by atoms with E-state index in [0.29, 0.717) is 31.6 Å². The number of rotatable bonds is 4. The largest absolute Gasteiger partial charge is 0.356 e. The summed E-state index contributed by atoms with van der Waals surface area (Å²) in [5.74, 6) is -0.154. The number of aromatic nitrogens is 2. The molecule has 1 N–H and O–H groups in total. The van der Waals surface area contributed by atoms with Crippen LogP contribution in [0.3, 0.4) is 0 Å². The summed E-state index contributed by atoms with van der Waals surface area (Å²) in [6.45, 7) is 3.57. The minimum absolute atomic E-state index is 0.0259. The zero-order chi connectivity index (χ0) is 19.5. The van der Waals surface area contributed by atoms with Crippen molar-refractivity contribution in [2.24, 2.45) is 5.92 Å². The molecule has 1 aliphatic heterocycles. The smallest absolute Gasteiger partial charge is 0.253 e. The van der Waals surface area contributed by atoms with Crippen LogP contribution in [-0.4, -0.2) is 46.3 Å². The summed E-state index contributed by atoms with van der Waals surface area (Å²) >= 11 is 0. The summed E-state index contributed by atoms with van der Waals surface area (Å²) in [5.41, 5.74) is 3.84. The highest BCUT2D eigenvalue weighted by Gasteiger charge is 2.31. The molecule has 1 saturated heterocycles. The maximum atomic E-state index is 12.9. The molecule has 0 aliphatic carbocycles. The molecular formula is C22H22N4O2. The first-order valence-electron chi connectivity index (χ1n) is 9.55. The van der Waals surface area contributed by atoms with Crippen LogP contribution >= 0.6 is 0 Å². The summed E-state index contributed by atoms with van der Waals surface area (Å²) in [6.07, 6.45) is 2.43. The van der Waals surface area contributed by atoms with Crippen molar-refractivity contribution in [3.63, 3.8) is 0 Å². The molecule has 4 rings (SSSR count). The third-order valence-electron chi connectivity index (χ3n) is 5.05. The van der Waals surface area contributed by atoms with Gasteiger partial charge in [0.25, 0.3) is 5.91 Å². The number of nitrogens with one attached hydrogen (secondary N) is 1. The van der Waals surface area contributed by atoms with Crippen molar-refractivity contribution in [1.82, 2.24) is 20.2 Å². The lowest BCUT2D eigenvalue weighted by Crippen LogP contribution is -2.34. The first kappa shape index (κ1) is 18.1. The molecule has 1 aromatic heterocycles. The number of nitrogens with zero attached hydrogens (tertiary/aromatic N) is 3. The van der Waals surface area contributed by atoms with Crippen LogP contribution in [0.25, 0.3) is 22.3 Å². The number of benzene rings is 2. The van der Waals surface area contributed by atoms with Gasteiger partial charge in [-0.15, -0.1) is 0 Å². The van der Waals surface area contributed by atoms with E-state index in [1.54, 1.807) is 17.2 Å². The Bertz CT molecular complexity index is 1030. The van der Waals surface area contributed by atoms with Gasteiger partial charge < -0.3 is 10.2 Å². The highest BCUT2D eigenvalue weighted by molar-refractivity contribution is 5.96. The second-order valence-corrected chi connectivity index (χ2v) is 6.96. The van der Waals surface area contributed by atoms with E-state index in [0.717, 1.165) is 22.3 Å². The zero-order valence-electron chi connectivity index (χ0n) is 15.8. The molecule has 0 spiro atoms. The van der Waals surface area contributed by atoms with Gasteiger partial charge in [0, 0.05) is 30.8 Å². The van der Waals surface area contributed by atoms with E-state index in [9.17, 15) is 9.59 Å². The van der Waals surface area contributed by atoms with Crippen LogP contribution in [0.2, 0.25) is 0 Å². The monoisotopic (exact) mass is 374 g/mol. The number of hydrogen-bond donors (Lipinski definition) is 1. The van der Waals surface area contributed by atoms with Gasteiger partial charge in [-0.05, 0) is 37.6 Å². The molecule has 0 unspecified atom stereocenters. The molecule has 1 fully saturated rings. The number of carbonyl (C=O) groups excluding carboxylic acids is 2. The van der Waals surface area contributed by atoms with E-state index in [-0.39, 0.29) is 17.7 Å². The van der Waals surface area contributed by atoms with E-state index in [1.807, 2.05) is 49.4 Å². The molecular weight excluding hydrogens is 352 g/mol. The molecule has 1 aliphatic rings. The molecule has 28 heavy (non-hydrogen) atoms. The Hall–Kier alpha value is -3.28. The fourth-order valence-corrected chi connectivity index (χ4v) is 3.57. The molecule has 1 atom stereocenters. The molecule has 142 valence electrons. The Morgan fingerprint density at radius 1 is 1.14 bits per heavy atom. The number of hydrogen-bond acceptors (Lipinski definition) is 4. The lowest BCUT2D eigenvalue weighted by Gasteiger charge is -2.17. The van der Waals surface area contributed by atoms with Crippen LogP contribution in [0, 0.1) is 5.92 Å². The fourth-order valence-electron chi connectivity index (χ4n) is 3.57. The van der Waals surface area contributed by atoms with Crippen molar-refractivity contribution in [2.75, 3.05) is 19.6 Å². The average molecular weight is 374 g/mol.